The van der Waals surface area contributed by atoms with Crippen molar-refractivity contribution in [3.05, 3.63) is 52.5 Å². The molecule has 1 amide bonds. The summed E-state index contributed by atoms with van der Waals surface area (Å²) < 4.78 is 0. The average Bonchev–Trinajstić information content (AvgIpc) is 2.45. The first-order valence-corrected chi connectivity index (χ1v) is 6.73. The lowest BCUT2D eigenvalue weighted by atomic mass is 9.92. The largest absolute Gasteiger partial charge is 0.326 e. The maximum absolute atomic E-state index is 11.4. The zero-order chi connectivity index (χ0) is 14.1. The smallest absolute Gasteiger partial charge is 0.224 e. The van der Waals surface area contributed by atoms with Crippen LogP contribution in [0.2, 0.25) is 5.02 Å². The number of nitrogens with one attached hydrogen (secondary N) is 1. The summed E-state index contributed by atoms with van der Waals surface area (Å²) in [4.78, 5) is 22.4. The third kappa shape index (κ3) is 2.32. The minimum Gasteiger partial charge on any atom is -0.326 e. The van der Waals surface area contributed by atoms with Gasteiger partial charge in [0.25, 0.3) is 0 Å². The molecular weight excluding hydrogens is 274 g/mol. The molecule has 0 saturated heterocycles. The second kappa shape index (κ2) is 5.10. The summed E-state index contributed by atoms with van der Waals surface area (Å²) in [7, 11) is 0. The molecule has 0 fully saturated rings. The molecule has 0 atom stereocenters. The van der Waals surface area contributed by atoms with E-state index in [2.05, 4.69) is 5.32 Å². The number of amides is 1. The molecule has 1 aliphatic heterocycles. The van der Waals surface area contributed by atoms with Gasteiger partial charge in [-0.1, -0.05) is 23.7 Å². The van der Waals surface area contributed by atoms with Crippen molar-refractivity contribution in [1.29, 1.82) is 0 Å². The summed E-state index contributed by atoms with van der Waals surface area (Å²) in [6, 6.07) is 11.0. The Morgan fingerprint density at radius 1 is 1.15 bits per heavy atom. The number of fused-ring (bicyclic) bond motifs is 1. The van der Waals surface area contributed by atoms with Crippen LogP contribution in [0.25, 0.3) is 11.1 Å². The molecule has 0 radical (unpaired) electrons. The van der Waals surface area contributed by atoms with Gasteiger partial charge in [-0.05, 0) is 47.4 Å². The number of rotatable bonds is 2. The van der Waals surface area contributed by atoms with Crippen molar-refractivity contribution in [1.82, 2.24) is 0 Å². The summed E-state index contributed by atoms with van der Waals surface area (Å²) >= 11 is 6.06. The minimum absolute atomic E-state index is 0.0364. The lowest BCUT2D eigenvalue weighted by molar-refractivity contribution is -0.116. The molecule has 0 spiro atoms. The predicted molar refractivity (Wildman–Crippen MR) is 79.2 cm³/mol. The van der Waals surface area contributed by atoms with Gasteiger partial charge in [0.1, 0.15) is 6.29 Å². The van der Waals surface area contributed by atoms with E-state index in [0.29, 0.717) is 23.4 Å². The number of carbonyl (C=O) groups is 2. The number of carbonyl (C=O) groups excluding carboxylic acids is 2. The molecule has 3 rings (SSSR count). The molecule has 0 unspecified atom stereocenters. The molecule has 0 aromatic heterocycles. The lowest BCUT2D eigenvalue weighted by Gasteiger charge is -2.20. The Bertz CT molecular complexity index is 710. The van der Waals surface area contributed by atoms with Crippen LogP contribution >= 0.6 is 11.6 Å². The molecule has 3 nitrogen and oxygen atoms in total. The lowest BCUT2D eigenvalue weighted by Crippen LogP contribution is -2.19. The van der Waals surface area contributed by atoms with Crippen LogP contribution in [0.4, 0.5) is 5.69 Å². The van der Waals surface area contributed by atoms with E-state index in [0.717, 1.165) is 28.7 Å². The maximum Gasteiger partial charge on any atom is 0.224 e. The van der Waals surface area contributed by atoms with Crippen molar-refractivity contribution in [3.8, 4) is 11.1 Å². The number of aldehydes is 1. The van der Waals surface area contributed by atoms with E-state index in [1.54, 1.807) is 6.07 Å². The van der Waals surface area contributed by atoms with Crippen LogP contribution in [0.3, 0.4) is 0 Å². The molecule has 100 valence electrons. The van der Waals surface area contributed by atoms with Gasteiger partial charge in [-0.15, -0.1) is 0 Å². The first-order valence-electron chi connectivity index (χ1n) is 6.35. The molecule has 0 bridgehead atoms. The molecule has 4 heteroatoms. The van der Waals surface area contributed by atoms with E-state index in [9.17, 15) is 9.59 Å². The fourth-order valence-corrected chi connectivity index (χ4v) is 2.77. The Labute approximate surface area is 121 Å². The first kappa shape index (κ1) is 12.9. The highest BCUT2D eigenvalue weighted by Crippen LogP contribution is 2.34. The number of anilines is 1. The maximum atomic E-state index is 11.4. The highest BCUT2D eigenvalue weighted by Gasteiger charge is 2.18. The molecular formula is C16H12ClNO2. The van der Waals surface area contributed by atoms with Gasteiger partial charge < -0.3 is 5.32 Å². The highest BCUT2D eigenvalue weighted by molar-refractivity contribution is 6.31. The molecule has 1 aliphatic rings. The Morgan fingerprint density at radius 2 is 2.00 bits per heavy atom. The van der Waals surface area contributed by atoms with Crippen molar-refractivity contribution in [2.24, 2.45) is 0 Å². The van der Waals surface area contributed by atoms with Crippen LogP contribution in [-0.2, 0) is 11.2 Å². The highest BCUT2D eigenvalue weighted by atomic mass is 35.5. The summed E-state index contributed by atoms with van der Waals surface area (Å²) in [5.74, 6) is 0.0364. The third-order valence-electron chi connectivity index (χ3n) is 3.42. The molecule has 2 aromatic carbocycles. The predicted octanol–water partition coefficient (Wildman–Crippen LogP) is 3.70. The fourth-order valence-electron chi connectivity index (χ4n) is 2.53. The van der Waals surface area contributed by atoms with Gasteiger partial charge in [0.15, 0.2) is 0 Å². The molecule has 20 heavy (non-hydrogen) atoms. The van der Waals surface area contributed by atoms with Crippen LogP contribution < -0.4 is 5.32 Å². The van der Waals surface area contributed by atoms with Gasteiger partial charge in [-0.3, -0.25) is 9.59 Å². The van der Waals surface area contributed by atoms with Crippen molar-refractivity contribution in [2.45, 2.75) is 12.8 Å². The summed E-state index contributed by atoms with van der Waals surface area (Å²) in [6.07, 6.45) is 1.96. The van der Waals surface area contributed by atoms with E-state index in [4.69, 9.17) is 11.6 Å². The normalized spacial score (nSPS) is 13.6. The van der Waals surface area contributed by atoms with E-state index in [1.807, 2.05) is 30.3 Å². The van der Waals surface area contributed by atoms with Crippen molar-refractivity contribution >= 4 is 29.5 Å². The van der Waals surface area contributed by atoms with E-state index in [1.165, 1.54) is 0 Å². The van der Waals surface area contributed by atoms with Crippen LogP contribution in [-0.4, -0.2) is 12.2 Å². The number of benzene rings is 2. The van der Waals surface area contributed by atoms with E-state index < -0.39 is 0 Å². The summed E-state index contributed by atoms with van der Waals surface area (Å²) in [6.45, 7) is 0. The molecule has 0 aliphatic carbocycles. The van der Waals surface area contributed by atoms with Gasteiger partial charge >= 0.3 is 0 Å². The van der Waals surface area contributed by atoms with E-state index >= 15 is 0 Å². The van der Waals surface area contributed by atoms with Gasteiger partial charge in [-0.2, -0.15) is 0 Å². The summed E-state index contributed by atoms with van der Waals surface area (Å²) in [5.41, 5.74) is 4.38. The van der Waals surface area contributed by atoms with Crippen LogP contribution in [0.15, 0.2) is 36.4 Å². The molecule has 1 heterocycles. The third-order valence-corrected chi connectivity index (χ3v) is 3.64. The SMILES string of the molecule is O=Cc1cc(Cl)cc(-c2cccc3c2CCC(=O)N3)c1. The van der Waals surface area contributed by atoms with Crippen molar-refractivity contribution in [2.75, 3.05) is 5.32 Å². The first-order chi connectivity index (χ1) is 9.67. The standard InChI is InChI=1S/C16H12ClNO2/c17-12-7-10(9-19)6-11(8-12)13-2-1-3-15-14(13)4-5-16(20)18-15/h1-3,6-9H,4-5H2,(H,18,20). The zero-order valence-electron chi connectivity index (χ0n) is 10.7. The molecule has 1 N–H and O–H groups in total. The van der Waals surface area contributed by atoms with Crippen LogP contribution in [0.5, 0.6) is 0 Å². The minimum atomic E-state index is 0.0364. The second-order valence-electron chi connectivity index (χ2n) is 4.77. The van der Waals surface area contributed by atoms with Crippen molar-refractivity contribution in [3.63, 3.8) is 0 Å². The average molecular weight is 286 g/mol. The Kier molecular flexibility index (Phi) is 3.28. The van der Waals surface area contributed by atoms with Crippen LogP contribution in [0.1, 0.15) is 22.3 Å². The van der Waals surface area contributed by atoms with Gasteiger partial charge in [0.2, 0.25) is 5.91 Å². The quantitative estimate of drug-likeness (QED) is 0.855. The molecule has 0 saturated carbocycles. The van der Waals surface area contributed by atoms with Gasteiger partial charge in [-0.25, -0.2) is 0 Å². The summed E-state index contributed by atoms with van der Waals surface area (Å²) in [5, 5.41) is 3.40. The number of hydrogen-bond acceptors (Lipinski definition) is 2. The molecule has 2 aromatic rings. The van der Waals surface area contributed by atoms with Gasteiger partial charge in [0.05, 0.1) is 0 Å². The second-order valence-corrected chi connectivity index (χ2v) is 5.21. The monoisotopic (exact) mass is 285 g/mol. The van der Waals surface area contributed by atoms with Crippen molar-refractivity contribution < 1.29 is 9.59 Å². The Morgan fingerprint density at radius 3 is 2.80 bits per heavy atom. The fraction of sp³-hybridized carbons (Fsp3) is 0.125. The van der Waals surface area contributed by atoms with Crippen LogP contribution in [0, 0.1) is 0 Å². The number of halogens is 1. The Balaban J connectivity index is 2.16. The van der Waals surface area contributed by atoms with E-state index in [-0.39, 0.29) is 5.91 Å². The Hall–Kier alpha value is -2.13. The topological polar surface area (TPSA) is 46.2 Å². The zero-order valence-corrected chi connectivity index (χ0v) is 11.4. The van der Waals surface area contributed by atoms with Gasteiger partial charge in [0, 0.05) is 22.7 Å². The number of hydrogen-bond donors (Lipinski definition) is 1.